The van der Waals surface area contributed by atoms with Crippen LogP contribution in [0.3, 0.4) is 0 Å². The summed E-state index contributed by atoms with van der Waals surface area (Å²) in [4.78, 5) is 10.7. The number of carbonyl (C=O) groups excluding carboxylic acids is 1. The molecule has 8 heteroatoms. The van der Waals surface area contributed by atoms with Crippen molar-refractivity contribution in [3.05, 3.63) is 0 Å². The molecule has 94 valence electrons. The van der Waals surface area contributed by atoms with Crippen LogP contribution in [-0.2, 0) is 9.53 Å². The SMILES string of the molecule is O=C(NCC1COCCN1)C(F)(F)C(F)F. The summed E-state index contributed by atoms with van der Waals surface area (Å²) in [6, 6.07) is -0.328. The first-order valence-corrected chi connectivity index (χ1v) is 4.70. The predicted octanol–water partition coefficient (Wildman–Crippen LogP) is -0.00860. The van der Waals surface area contributed by atoms with E-state index in [2.05, 4.69) is 5.32 Å². The van der Waals surface area contributed by atoms with E-state index >= 15 is 0 Å². The van der Waals surface area contributed by atoms with Crippen molar-refractivity contribution in [1.82, 2.24) is 10.6 Å². The minimum absolute atomic E-state index is 0.166. The molecular formula is C8H12F4N2O2. The Morgan fingerprint density at radius 1 is 1.56 bits per heavy atom. The lowest BCUT2D eigenvalue weighted by Gasteiger charge is -2.24. The first-order valence-electron chi connectivity index (χ1n) is 4.70. The molecule has 0 aromatic rings. The van der Waals surface area contributed by atoms with E-state index in [1.165, 1.54) is 0 Å². The molecule has 1 amide bonds. The molecule has 16 heavy (non-hydrogen) atoms. The van der Waals surface area contributed by atoms with Crippen molar-refractivity contribution >= 4 is 5.91 Å². The second kappa shape index (κ2) is 5.44. The standard InChI is InChI=1S/C8H12F4N2O2/c9-6(10)8(11,12)7(15)14-3-5-4-16-2-1-13-5/h5-6,13H,1-4H2,(H,14,15). The lowest BCUT2D eigenvalue weighted by atomic mass is 10.2. The highest BCUT2D eigenvalue weighted by Gasteiger charge is 2.48. The van der Waals surface area contributed by atoms with Gasteiger partial charge < -0.3 is 15.4 Å². The first kappa shape index (κ1) is 13.2. The van der Waals surface area contributed by atoms with Gasteiger partial charge in [-0.1, -0.05) is 0 Å². The minimum Gasteiger partial charge on any atom is -0.378 e. The maximum absolute atomic E-state index is 12.5. The van der Waals surface area contributed by atoms with E-state index < -0.39 is 18.3 Å². The van der Waals surface area contributed by atoms with Gasteiger partial charge >= 0.3 is 12.3 Å². The Kier molecular flexibility index (Phi) is 4.48. The van der Waals surface area contributed by atoms with Crippen molar-refractivity contribution in [3.8, 4) is 0 Å². The molecule has 0 saturated carbocycles. The van der Waals surface area contributed by atoms with Crippen LogP contribution in [0.1, 0.15) is 0 Å². The van der Waals surface area contributed by atoms with Crippen LogP contribution in [0, 0.1) is 0 Å². The van der Waals surface area contributed by atoms with Gasteiger partial charge in [0.1, 0.15) is 0 Å². The molecule has 1 fully saturated rings. The molecule has 0 aromatic heterocycles. The van der Waals surface area contributed by atoms with Crippen LogP contribution >= 0.6 is 0 Å². The minimum atomic E-state index is -4.64. The molecule has 1 aliphatic heterocycles. The number of carbonyl (C=O) groups is 1. The quantitative estimate of drug-likeness (QED) is 0.684. The molecule has 1 aliphatic rings. The molecule has 0 bridgehead atoms. The van der Waals surface area contributed by atoms with E-state index in [9.17, 15) is 22.4 Å². The lowest BCUT2D eigenvalue weighted by molar-refractivity contribution is -0.169. The normalized spacial score (nSPS) is 22.2. The largest absolute Gasteiger partial charge is 0.383 e. The van der Waals surface area contributed by atoms with Gasteiger partial charge in [-0.25, -0.2) is 8.78 Å². The third-order valence-corrected chi connectivity index (χ3v) is 2.08. The number of hydrogen-bond donors (Lipinski definition) is 2. The predicted molar refractivity (Wildman–Crippen MR) is 46.6 cm³/mol. The number of rotatable bonds is 4. The molecule has 1 rings (SSSR count). The van der Waals surface area contributed by atoms with E-state index in [0.29, 0.717) is 13.2 Å². The van der Waals surface area contributed by atoms with Gasteiger partial charge in [-0.05, 0) is 0 Å². The zero-order chi connectivity index (χ0) is 12.2. The van der Waals surface area contributed by atoms with Crippen molar-refractivity contribution in [2.24, 2.45) is 0 Å². The number of morpholine rings is 1. The Morgan fingerprint density at radius 2 is 2.25 bits per heavy atom. The second-order valence-corrected chi connectivity index (χ2v) is 3.36. The van der Waals surface area contributed by atoms with Crippen LogP contribution < -0.4 is 10.6 Å². The Labute approximate surface area is 89.3 Å². The summed E-state index contributed by atoms with van der Waals surface area (Å²) in [6.45, 7) is 1.12. The van der Waals surface area contributed by atoms with Crippen molar-refractivity contribution in [1.29, 1.82) is 0 Å². The second-order valence-electron chi connectivity index (χ2n) is 3.36. The first-order chi connectivity index (χ1) is 7.44. The summed E-state index contributed by atoms with van der Waals surface area (Å²) in [7, 11) is 0. The number of nitrogens with one attached hydrogen (secondary N) is 2. The Hall–Kier alpha value is -0.890. The molecule has 0 aliphatic carbocycles. The molecule has 0 aromatic carbocycles. The van der Waals surface area contributed by atoms with Crippen molar-refractivity contribution in [2.75, 3.05) is 26.3 Å². The highest BCUT2D eigenvalue weighted by Crippen LogP contribution is 2.22. The van der Waals surface area contributed by atoms with E-state index in [1.54, 1.807) is 5.32 Å². The van der Waals surface area contributed by atoms with E-state index in [-0.39, 0.29) is 19.2 Å². The monoisotopic (exact) mass is 244 g/mol. The molecule has 1 unspecified atom stereocenters. The average Bonchev–Trinajstić information content (AvgIpc) is 2.27. The molecule has 0 spiro atoms. The van der Waals surface area contributed by atoms with Gasteiger partial charge in [0, 0.05) is 19.1 Å². The lowest BCUT2D eigenvalue weighted by Crippen LogP contribution is -2.52. The van der Waals surface area contributed by atoms with Gasteiger partial charge in [0.25, 0.3) is 5.91 Å². The Morgan fingerprint density at radius 3 is 2.75 bits per heavy atom. The van der Waals surface area contributed by atoms with Crippen LogP contribution in [0.2, 0.25) is 0 Å². The fourth-order valence-electron chi connectivity index (χ4n) is 1.18. The Bertz CT molecular complexity index is 244. The summed E-state index contributed by atoms with van der Waals surface area (Å²) < 4.78 is 53.5. The fourth-order valence-corrected chi connectivity index (χ4v) is 1.18. The van der Waals surface area contributed by atoms with E-state index in [0.717, 1.165) is 0 Å². The highest BCUT2D eigenvalue weighted by molar-refractivity contribution is 5.83. The zero-order valence-electron chi connectivity index (χ0n) is 8.31. The summed E-state index contributed by atoms with van der Waals surface area (Å²) in [5, 5.41) is 4.65. The average molecular weight is 244 g/mol. The van der Waals surface area contributed by atoms with Crippen molar-refractivity contribution in [3.63, 3.8) is 0 Å². The summed E-state index contributed by atoms with van der Waals surface area (Å²) in [5.74, 6) is -6.61. The van der Waals surface area contributed by atoms with Gasteiger partial charge in [-0.3, -0.25) is 4.79 Å². The van der Waals surface area contributed by atoms with Gasteiger partial charge in [0.15, 0.2) is 0 Å². The van der Waals surface area contributed by atoms with E-state index in [1.807, 2.05) is 0 Å². The molecule has 0 radical (unpaired) electrons. The third-order valence-electron chi connectivity index (χ3n) is 2.08. The number of hydrogen-bond acceptors (Lipinski definition) is 3. The van der Waals surface area contributed by atoms with Crippen LogP contribution in [-0.4, -0.2) is 50.6 Å². The van der Waals surface area contributed by atoms with Gasteiger partial charge in [-0.2, -0.15) is 8.78 Å². The van der Waals surface area contributed by atoms with Gasteiger partial charge in [-0.15, -0.1) is 0 Å². The number of ether oxygens (including phenoxy) is 1. The van der Waals surface area contributed by atoms with Crippen LogP contribution in [0.15, 0.2) is 0 Å². The topological polar surface area (TPSA) is 50.4 Å². The molecular weight excluding hydrogens is 232 g/mol. The maximum Gasteiger partial charge on any atom is 0.383 e. The van der Waals surface area contributed by atoms with Crippen LogP contribution in [0.4, 0.5) is 17.6 Å². The van der Waals surface area contributed by atoms with Crippen LogP contribution in [0.5, 0.6) is 0 Å². The highest BCUT2D eigenvalue weighted by atomic mass is 19.3. The Balaban J connectivity index is 2.34. The number of amides is 1. The zero-order valence-corrected chi connectivity index (χ0v) is 8.31. The molecule has 1 heterocycles. The summed E-state index contributed by atoms with van der Waals surface area (Å²) >= 11 is 0. The number of alkyl halides is 4. The summed E-state index contributed by atoms with van der Waals surface area (Å²) in [5.41, 5.74) is 0. The van der Waals surface area contributed by atoms with Gasteiger partial charge in [0.2, 0.25) is 0 Å². The molecule has 2 N–H and O–H groups in total. The summed E-state index contributed by atoms with van der Waals surface area (Å²) in [6.07, 6.45) is -4.00. The molecule has 4 nitrogen and oxygen atoms in total. The van der Waals surface area contributed by atoms with Crippen LogP contribution in [0.25, 0.3) is 0 Å². The van der Waals surface area contributed by atoms with Crippen molar-refractivity contribution < 1.29 is 27.1 Å². The molecule has 1 atom stereocenters. The fraction of sp³-hybridized carbons (Fsp3) is 0.875. The van der Waals surface area contributed by atoms with Gasteiger partial charge in [0.05, 0.1) is 13.2 Å². The van der Waals surface area contributed by atoms with Crippen molar-refractivity contribution in [2.45, 2.75) is 18.4 Å². The maximum atomic E-state index is 12.5. The third kappa shape index (κ3) is 3.31. The van der Waals surface area contributed by atoms with E-state index in [4.69, 9.17) is 4.74 Å². The smallest absolute Gasteiger partial charge is 0.378 e. The number of halogens is 4. The molecule has 1 saturated heterocycles.